The Hall–Kier alpha value is -1.20. The average Bonchev–Trinajstić information content (AvgIpc) is 2.32. The lowest BCUT2D eigenvalue weighted by Gasteiger charge is -2.10. The quantitative estimate of drug-likeness (QED) is 0.855. The Kier molecular flexibility index (Phi) is 3.59. The highest BCUT2D eigenvalue weighted by atomic mass is 79.9. The van der Waals surface area contributed by atoms with Crippen LogP contribution in [0.25, 0.3) is 0 Å². The van der Waals surface area contributed by atoms with Crippen LogP contribution in [-0.4, -0.2) is 14.5 Å². The van der Waals surface area contributed by atoms with Gasteiger partial charge in [0.15, 0.2) is 0 Å². The molecule has 2 rings (SSSR count). The molecule has 17 heavy (non-hydrogen) atoms. The van der Waals surface area contributed by atoms with Crippen LogP contribution in [0.4, 0.5) is 0 Å². The molecule has 6 heteroatoms. The molecule has 0 aliphatic rings. The predicted molar refractivity (Wildman–Crippen MR) is 69.3 cm³/mol. The lowest BCUT2D eigenvalue weighted by atomic mass is 10.2. The van der Waals surface area contributed by atoms with Gasteiger partial charge in [-0.25, -0.2) is 4.98 Å². The molecule has 88 valence electrons. The minimum atomic E-state index is -0.120. The monoisotopic (exact) mass is 313 g/mol. The van der Waals surface area contributed by atoms with E-state index in [0.29, 0.717) is 21.9 Å². The molecule has 4 nitrogen and oxygen atoms in total. The van der Waals surface area contributed by atoms with Crippen LogP contribution in [0.1, 0.15) is 11.4 Å². The maximum Gasteiger partial charge on any atom is 0.268 e. The SMILES string of the molecule is Cc1ncc(Br)c(=O)n1Cc1ccncc1Cl. The third kappa shape index (κ3) is 2.56. The van der Waals surface area contributed by atoms with Gasteiger partial charge < -0.3 is 0 Å². The number of hydrogen-bond acceptors (Lipinski definition) is 3. The van der Waals surface area contributed by atoms with Gasteiger partial charge in [-0.1, -0.05) is 11.6 Å². The molecule has 0 aliphatic heterocycles. The number of nitrogens with zero attached hydrogens (tertiary/aromatic N) is 3. The second-order valence-electron chi connectivity index (χ2n) is 3.51. The molecular formula is C11H9BrClN3O. The zero-order valence-corrected chi connectivity index (χ0v) is 11.4. The van der Waals surface area contributed by atoms with E-state index >= 15 is 0 Å². The van der Waals surface area contributed by atoms with Crippen LogP contribution < -0.4 is 5.56 Å². The van der Waals surface area contributed by atoms with E-state index in [1.54, 1.807) is 30.0 Å². The van der Waals surface area contributed by atoms with E-state index in [9.17, 15) is 4.79 Å². The maximum absolute atomic E-state index is 11.9. The minimum absolute atomic E-state index is 0.120. The Morgan fingerprint density at radius 1 is 1.47 bits per heavy atom. The largest absolute Gasteiger partial charge is 0.291 e. The summed E-state index contributed by atoms with van der Waals surface area (Å²) >= 11 is 9.18. The standard InChI is InChI=1S/C11H9BrClN3O/c1-7-15-4-9(12)11(17)16(7)6-8-2-3-14-5-10(8)13/h2-5H,6H2,1H3. The molecule has 2 aromatic heterocycles. The van der Waals surface area contributed by atoms with Crippen molar-refractivity contribution >= 4 is 27.5 Å². The van der Waals surface area contributed by atoms with Crippen molar-refractivity contribution in [3.05, 3.63) is 55.9 Å². The van der Waals surface area contributed by atoms with Gasteiger partial charge in [0.25, 0.3) is 5.56 Å². The zero-order valence-electron chi connectivity index (χ0n) is 9.02. The summed E-state index contributed by atoms with van der Waals surface area (Å²) in [7, 11) is 0. The van der Waals surface area contributed by atoms with Gasteiger partial charge >= 0.3 is 0 Å². The van der Waals surface area contributed by atoms with Crippen molar-refractivity contribution < 1.29 is 0 Å². The second kappa shape index (κ2) is 4.98. The number of rotatable bonds is 2. The highest BCUT2D eigenvalue weighted by Crippen LogP contribution is 2.14. The highest BCUT2D eigenvalue weighted by Gasteiger charge is 2.08. The van der Waals surface area contributed by atoms with Gasteiger partial charge in [0.1, 0.15) is 10.3 Å². The van der Waals surface area contributed by atoms with Crippen molar-refractivity contribution in [1.82, 2.24) is 14.5 Å². The van der Waals surface area contributed by atoms with Crippen LogP contribution >= 0.6 is 27.5 Å². The molecule has 0 N–H and O–H groups in total. The number of pyridine rings is 1. The van der Waals surface area contributed by atoms with E-state index in [0.717, 1.165) is 5.56 Å². The van der Waals surface area contributed by atoms with Gasteiger partial charge in [-0.05, 0) is 34.5 Å². The summed E-state index contributed by atoms with van der Waals surface area (Å²) in [5, 5.41) is 0.541. The fourth-order valence-electron chi connectivity index (χ4n) is 1.44. The molecule has 0 atom stereocenters. The molecular weight excluding hydrogens is 305 g/mol. The van der Waals surface area contributed by atoms with E-state index in [1.807, 2.05) is 0 Å². The van der Waals surface area contributed by atoms with Crippen LogP contribution in [0.5, 0.6) is 0 Å². The molecule has 2 aromatic rings. The number of hydrogen-bond donors (Lipinski definition) is 0. The predicted octanol–water partition coefficient (Wildman–Crippen LogP) is 2.41. The molecule has 0 unspecified atom stereocenters. The second-order valence-corrected chi connectivity index (χ2v) is 4.77. The third-order valence-electron chi connectivity index (χ3n) is 2.39. The van der Waals surface area contributed by atoms with Crippen LogP contribution in [0.2, 0.25) is 5.02 Å². The first-order chi connectivity index (χ1) is 8.09. The van der Waals surface area contributed by atoms with Gasteiger partial charge in [0.2, 0.25) is 0 Å². The lowest BCUT2D eigenvalue weighted by Crippen LogP contribution is -2.24. The summed E-state index contributed by atoms with van der Waals surface area (Å²) in [6.07, 6.45) is 4.71. The molecule has 0 fully saturated rings. The first-order valence-corrected chi connectivity index (χ1v) is 6.07. The molecule has 0 saturated heterocycles. The van der Waals surface area contributed by atoms with E-state index in [2.05, 4.69) is 25.9 Å². The molecule has 0 aliphatic carbocycles. The zero-order chi connectivity index (χ0) is 12.4. The number of aromatic nitrogens is 3. The van der Waals surface area contributed by atoms with Crippen LogP contribution in [0, 0.1) is 6.92 Å². The van der Waals surface area contributed by atoms with Crippen LogP contribution in [0.3, 0.4) is 0 Å². The van der Waals surface area contributed by atoms with Gasteiger partial charge in [-0.2, -0.15) is 0 Å². The molecule has 0 spiro atoms. The Balaban J connectivity index is 2.47. The smallest absolute Gasteiger partial charge is 0.268 e. The third-order valence-corrected chi connectivity index (χ3v) is 3.27. The summed E-state index contributed by atoms with van der Waals surface area (Å²) in [6, 6.07) is 1.79. The van der Waals surface area contributed by atoms with Crippen LogP contribution in [-0.2, 0) is 6.54 Å². The van der Waals surface area contributed by atoms with E-state index in [1.165, 1.54) is 6.20 Å². The van der Waals surface area contributed by atoms with Crippen molar-refractivity contribution in [3.63, 3.8) is 0 Å². The summed E-state index contributed by atoms with van der Waals surface area (Å²) in [6.45, 7) is 2.17. The fraction of sp³-hybridized carbons (Fsp3) is 0.182. The van der Waals surface area contributed by atoms with Crippen molar-refractivity contribution in [2.45, 2.75) is 13.5 Å². The van der Waals surface area contributed by atoms with Crippen molar-refractivity contribution in [2.24, 2.45) is 0 Å². The van der Waals surface area contributed by atoms with Gasteiger partial charge in [0.05, 0.1) is 11.6 Å². The van der Waals surface area contributed by atoms with E-state index in [4.69, 9.17) is 11.6 Å². The van der Waals surface area contributed by atoms with E-state index < -0.39 is 0 Å². The average molecular weight is 315 g/mol. The van der Waals surface area contributed by atoms with Crippen molar-refractivity contribution in [2.75, 3.05) is 0 Å². The molecule has 0 amide bonds. The van der Waals surface area contributed by atoms with Crippen molar-refractivity contribution in [1.29, 1.82) is 0 Å². The first-order valence-electron chi connectivity index (χ1n) is 4.90. The lowest BCUT2D eigenvalue weighted by molar-refractivity contribution is 0.695. The summed E-state index contributed by atoms with van der Waals surface area (Å²) in [4.78, 5) is 20.0. The fourth-order valence-corrected chi connectivity index (χ4v) is 1.94. The number of halogens is 2. The van der Waals surface area contributed by atoms with Gasteiger partial charge in [0, 0.05) is 18.6 Å². The molecule has 0 saturated carbocycles. The first kappa shape index (κ1) is 12.3. The number of aryl methyl sites for hydroxylation is 1. The molecule has 0 aromatic carbocycles. The Morgan fingerprint density at radius 2 is 2.24 bits per heavy atom. The molecule has 2 heterocycles. The maximum atomic E-state index is 11.9. The van der Waals surface area contributed by atoms with Gasteiger partial charge in [-0.15, -0.1) is 0 Å². The van der Waals surface area contributed by atoms with Gasteiger partial charge in [-0.3, -0.25) is 14.3 Å². The minimum Gasteiger partial charge on any atom is -0.291 e. The summed E-state index contributed by atoms with van der Waals surface area (Å²) in [5.74, 6) is 0.645. The van der Waals surface area contributed by atoms with Crippen molar-refractivity contribution in [3.8, 4) is 0 Å². The normalized spacial score (nSPS) is 10.5. The Bertz CT molecular complexity index is 612. The Labute approximate surface area is 111 Å². The molecule has 0 bridgehead atoms. The summed E-state index contributed by atoms with van der Waals surface area (Å²) < 4.78 is 2.00. The Morgan fingerprint density at radius 3 is 2.94 bits per heavy atom. The molecule has 0 radical (unpaired) electrons. The highest BCUT2D eigenvalue weighted by molar-refractivity contribution is 9.10. The topological polar surface area (TPSA) is 47.8 Å². The summed E-state index contributed by atoms with van der Waals surface area (Å²) in [5.41, 5.74) is 0.720. The van der Waals surface area contributed by atoms with Crippen LogP contribution in [0.15, 0.2) is 33.9 Å². The van der Waals surface area contributed by atoms with E-state index in [-0.39, 0.29) is 5.56 Å².